The number of hydrogen-bond acceptors (Lipinski definition) is 5. The van der Waals surface area contributed by atoms with Crippen molar-refractivity contribution < 1.29 is 4.79 Å². The number of thiazole rings is 1. The molecule has 1 saturated heterocycles. The van der Waals surface area contributed by atoms with E-state index in [1.165, 1.54) is 12.0 Å². The second-order valence-corrected chi connectivity index (χ2v) is 8.65. The van der Waals surface area contributed by atoms with Crippen molar-refractivity contribution >= 4 is 42.1 Å². The summed E-state index contributed by atoms with van der Waals surface area (Å²) in [6, 6.07) is 10.3. The number of benzene rings is 1. The summed E-state index contributed by atoms with van der Waals surface area (Å²) in [4.78, 5) is 22.0. The van der Waals surface area contributed by atoms with E-state index in [9.17, 15) is 4.79 Å². The summed E-state index contributed by atoms with van der Waals surface area (Å²) >= 11 is 1.70. The highest BCUT2D eigenvalue weighted by Gasteiger charge is 2.39. The van der Waals surface area contributed by atoms with Crippen LogP contribution in [0, 0.1) is 0 Å². The number of carbonyl (C=O) groups excluding carboxylic acids is 1. The Bertz CT molecular complexity index is 772. The van der Waals surface area contributed by atoms with Gasteiger partial charge in [-0.3, -0.25) is 9.69 Å². The Labute approximate surface area is 189 Å². The van der Waals surface area contributed by atoms with Gasteiger partial charge in [-0.05, 0) is 12.8 Å². The average Bonchev–Trinajstić information content (AvgIpc) is 3.18. The second-order valence-electron chi connectivity index (χ2n) is 7.80. The lowest BCUT2D eigenvalue weighted by Crippen LogP contribution is -2.60. The fraction of sp³-hybridized carbons (Fsp3) is 0.524. The van der Waals surface area contributed by atoms with E-state index in [4.69, 9.17) is 10.7 Å². The maximum atomic E-state index is 12.9. The van der Waals surface area contributed by atoms with Crippen molar-refractivity contribution in [2.24, 2.45) is 5.73 Å². The molecule has 0 unspecified atom stereocenters. The van der Waals surface area contributed by atoms with Crippen LogP contribution in [0.1, 0.15) is 37.8 Å². The number of rotatable bonds is 4. The van der Waals surface area contributed by atoms with E-state index in [1.807, 2.05) is 23.1 Å². The van der Waals surface area contributed by atoms with Crippen LogP contribution in [0.3, 0.4) is 0 Å². The number of piperazine rings is 1. The predicted octanol–water partition coefficient (Wildman–Crippen LogP) is 3.96. The lowest BCUT2D eigenvalue weighted by atomic mass is 9.81. The molecule has 1 aromatic heterocycles. The average molecular weight is 457 g/mol. The number of halogens is 2. The first-order valence-corrected chi connectivity index (χ1v) is 10.8. The van der Waals surface area contributed by atoms with Gasteiger partial charge in [0.15, 0.2) is 0 Å². The van der Waals surface area contributed by atoms with E-state index in [0.29, 0.717) is 0 Å². The van der Waals surface area contributed by atoms with Crippen LogP contribution < -0.4 is 5.73 Å². The predicted molar refractivity (Wildman–Crippen MR) is 124 cm³/mol. The minimum absolute atomic E-state index is 0. The van der Waals surface area contributed by atoms with Gasteiger partial charge in [-0.1, -0.05) is 49.6 Å². The molecule has 1 saturated carbocycles. The van der Waals surface area contributed by atoms with Gasteiger partial charge in [0.25, 0.3) is 0 Å². The summed E-state index contributed by atoms with van der Waals surface area (Å²) in [6.45, 7) is 4.17. The molecule has 2 aromatic rings. The monoisotopic (exact) mass is 456 g/mol. The van der Waals surface area contributed by atoms with Crippen molar-refractivity contribution in [3.63, 3.8) is 0 Å². The minimum atomic E-state index is -0.611. The van der Waals surface area contributed by atoms with E-state index in [2.05, 4.69) is 22.4 Å². The van der Waals surface area contributed by atoms with Crippen LogP contribution >= 0.6 is 36.2 Å². The largest absolute Gasteiger partial charge is 0.339 e. The molecule has 1 aliphatic heterocycles. The highest BCUT2D eigenvalue weighted by Crippen LogP contribution is 2.28. The van der Waals surface area contributed by atoms with Gasteiger partial charge < -0.3 is 10.6 Å². The summed E-state index contributed by atoms with van der Waals surface area (Å²) in [7, 11) is 0. The van der Waals surface area contributed by atoms with E-state index in [1.54, 1.807) is 11.3 Å². The van der Waals surface area contributed by atoms with Crippen molar-refractivity contribution in [1.82, 2.24) is 14.8 Å². The molecule has 4 rings (SSSR count). The van der Waals surface area contributed by atoms with Crippen LogP contribution in [0.4, 0.5) is 0 Å². The highest BCUT2D eigenvalue weighted by molar-refractivity contribution is 7.13. The smallest absolute Gasteiger partial charge is 0.242 e. The maximum absolute atomic E-state index is 12.9. The SMILES string of the molecule is Cl.Cl.NC1(C(=O)N2CCN(Cc3csc(-c4ccccc4)n3)CC2)CCCCC1. The number of nitrogens with two attached hydrogens (primary N) is 1. The molecule has 0 spiro atoms. The van der Waals surface area contributed by atoms with Crippen LogP contribution in [0.2, 0.25) is 0 Å². The third-order valence-electron chi connectivity index (χ3n) is 5.79. The fourth-order valence-electron chi connectivity index (χ4n) is 4.14. The van der Waals surface area contributed by atoms with Crippen molar-refractivity contribution in [1.29, 1.82) is 0 Å². The standard InChI is InChI=1S/C21H28N4OS.2ClH/c22-21(9-5-2-6-10-21)20(26)25-13-11-24(12-14-25)15-18-16-27-19(23-18)17-7-3-1-4-8-17;;/h1,3-4,7-8,16H,2,5-6,9-15,22H2;2*1H. The van der Waals surface area contributed by atoms with E-state index < -0.39 is 5.54 Å². The van der Waals surface area contributed by atoms with Crippen LogP contribution in [0.25, 0.3) is 10.6 Å². The van der Waals surface area contributed by atoms with Crippen LogP contribution in [0.5, 0.6) is 0 Å². The molecule has 0 bridgehead atoms. The van der Waals surface area contributed by atoms with Crippen LogP contribution in [-0.4, -0.2) is 52.4 Å². The van der Waals surface area contributed by atoms with Gasteiger partial charge >= 0.3 is 0 Å². The van der Waals surface area contributed by atoms with Crippen molar-refractivity contribution in [3.8, 4) is 10.6 Å². The first-order chi connectivity index (χ1) is 13.1. The third kappa shape index (κ3) is 5.70. The third-order valence-corrected chi connectivity index (χ3v) is 6.73. The first-order valence-electron chi connectivity index (χ1n) is 9.94. The summed E-state index contributed by atoms with van der Waals surface area (Å²) in [5, 5.41) is 3.22. The Kier molecular flexibility index (Phi) is 8.91. The molecular formula is C21H30Cl2N4OS. The topological polar surface area (TPSA) is 62.5 Å². The van der Waals surface area contributed by atoms with Crippen molar-refractivity contribution in [2.75, 3.05) is 26.2 Å². The zero-order chi connectivity index (χ0) is 18.7. The lowest BCUT2D eigenvalue weighted by Gasteiger charge is -2.40. The molecule has 2 aliphatic rings. The van der Waals surface area contributed by atoms with Gasteiger partial charge in [-0.15, -0.1) is 36.2 Å². The quantitative estimate of drug-likeness (QED) is 0.755. The maximum Gasteiger partial charge on any atom is 0.242 e. The number of hydrogen-bond donors (Lipinski definition) is 1. The molecule has 0 atom stereocenters. The Balaban J connectivity index is 0.00000150. The zero-order valence-corrected chi connectivity index (χ0v) is 19.0. The molecule has 2 N–H and O–H groups in total. The minimum Gasteiger partial charge on any atom is -0.339 e. The van der Waals surface area contributed by atoms with Gasteiger partial charge in [-0.2, -0.15) is 0 Å². The Morgan fingerprint density at radius 1 is 1.03 bits per heavy atom. The van der Waals surface area contributed by atoms with E-state index in [-0.39, 0.29) is 30.7 Å². The van der Waals surface area contributed by atoms with Crippen LogP contribution in [-0.2, 0) is 11.3 Å². The number of amides is 1. The van der Waals surface area contributed by atoms with Crippen LogP contribution in [0.15, 0.2) is 35.7 Å². The van der Waals surface area contributed by atoms with Gasteiger partial charge in [0.2, 0.25) is 5.91 Å². The number of carbonyl (C=O) groups is 1. The normalized spacial score (nSPS) is 19.1. The summed E-state index contributed by atoms with van der Waals surface area (Å²) < 4.78 is 0. The molecule has 2 fully saturated rings. The molecular weight excluding hydrogens is 427 g/mol. The summed E-state index contributed by atoms with van der Waals surface area (Å²) in [5.74, 6) is 0.168. The number of aromatic nitrogens is 1. The molecule has 5 nitrogen and oxygen atoms in total. The Morgan fingerprint density at radius 3 is 2.34 bits per heavy atom. The Hall–Kier alpha value is -1.18. The van der Waals surface area contributed by atoms with Crippen molar-refractivity contribution in [3.05, 3.63) is 41.4 Å². The molecule has 0 radical (unpaired) electrons. The van der Waals surface area contributed by atoms with Gasteiger partial charge in [-0.25, -0.2) is 4.98 Å². The first kappa shape index (κ1) is 24.1. The lowest BCUT2D eigenvalue weighted by molar-refractivity contribution is -0.140. The second kappa shape index (κ2) is 10.7. The molecule has 2 heterocycles. The molecule has 1 amide bonds. The summed E-state index contributed by atoms with van der Waals surface area (Å²) in [5.41, 5.74) is 8.11. The van der Waals surface area contributed by atoms with Gasteiger partial charge in [0.05, 0.1) is 11.2 Å². The molecule has 1 aromatic carbocycles. The molecule has 1 aliphatic carbocycles. The highest BCUT2D eigenvalue weighted by atomic mass is 35.5. The van der Waals surface area contributed by atoms with Gasteiger partial charge in [0, 0.05) is 43.7 Å². The fourth-order valence-corrected chi connectivity index (χ4v) is 4.96. The van der Waals surface area contributed by atoms with Crippen molar-refractivity contribution in [2.45, 2.75) is 44.2 Å². The van der Waals surface area contributed by atoms with Gasteiger partial charge in [0.1, 0.15) is 5.01 Å². The molecule has 160 valence electrons. The Morgan fingerprint density at radius 2 is 1.69 bits per heavy atom. The summed E-state index contributed by atoms with van der Waals surface area (Å²) in [6.07, 6.45) is 5.05. The number of nitrogens with zero attached hydrogens (tertiary/aromatic N) is 3. The van der Waals surface area contributed by atoms with E-state index in [0.717, 1.165) is 69.1 Å². The molecule has 29 heavy (non-hydrogen) atoms. The zero-order valence-electron chi connectivity index (χ0n) is 16.6. The van der Waals surface area contributed by atoms with E-state index >= 15 is 0 Å². The molecule has 8 heteroatoms.